The molecule has 264 valence electrons. The smallest absolute Gasteiger partial charge is 0.407 e. The topological polar surface area (TPSA) is 128 Å². The number of rotatable bonds is 10. The number of piperazine rings is 1. The molecule has 2 heterocycles. The van der Waals surface area contributed by atoms with E-state index in [1.165, 1.54) is 23.5 Å². The maximum atomic E-state index is 15.6. The van der Waals surface area contributed by atoms with Crippen molar-refractivity contribution < 1.29 is 32.2 Å². The lowest BCUT2D eigenvalue weighted by Gasteiger charge is -2.49. The lowest BCUT2D eigenvalue weighted by Crippen LogP contribution is -2.60. The van der Waals surface area contributed by atoms with Crippen LogP contribution in [0.2, 0.25) is 5.02 Å². The number of hydrogen-bond donors (Lipinski definition) is 3. The third-order valence-corrected chi connectivity index (χ3v) is 12.0. The van der Waals surface area contributed by atoms with Gasteiger partial charge < -0.3 is 20.5 Å². The molecule has 6 atom stereocenters. The van der Waals surface area contributed by atoms with Crippen molar-refractivity contribution in [3.8, 4) is 0 Å². The summed E-state index contributed by atoms with van der Waals surface area (Å²) >= 11 is 6.22. The molecule has 13 heteroatoms. The Kier molecular flexibility index (Phi) is 11.3. The van der Waals surface area contributed by atoms with Gasteiger partial charge in [-0.05, 0) is 88.4 Å². The molecule has 1 unspecified atom stereocenters. The number of benzene rings is 3. The van der Waals surface area contributed by atoms with Crippen LogP contribution in [0, 0.1) is 5.82 Å². The van der Waals surface area contributed by atoms with Gasteiger partial charge in [0.05, 0.1) is 17.1 Å². The first-order chi connectivity index (χ1) is 23.2. The SMILES string of the molecule is C[C@@H]1CC(c2ccc(Cl)cc2)([C@@H](C(=O)Nc2cccc(F)c2CC[C@H]2CNC[C@H](C)N2S(=O)(=O)c2ccccc2)N(C)C(=O)O)C[C@H](C)O1. The Balaban J connectivity index is 1.47. The lowest BCUT2D eigenvalue weighted by molar-refractivity contribution is -0.129. The molecule has 0 spiro atoms. The number of nitrogens with one attached hydrogen (secondary N) is 2. The van der Waals surface area contributed by atoms with Crippen molar-refractivity contribution in [2.75, 3.05) is 25.5 Å². The van der Waals surface area contributed by atoms with Crippen LogP contribution in [0.1, 0.15) is 51.2 Å². The summed E-state index contributed by atoms with van der Waals surface area (Å²) < 4.78 is 50.7. The molecule has 10 nitrogen and oxygen atoms in total. The fourth-order valence-electron chi connectivity index (χ4n) is 7.73. The fraction of sp³-hybridized carbons (Fsp3) is 0.444. The molecule has 49 heavy (non-hydrogen) atoms. The minimum Gasteiger partial charge on any atom is -0.465 e. The van der Waals surface area contributed by atoms with Gasteiger partial charge in [-0.15, -0.1) is 0 Å². The molecule has 2 aliphatic rings. The molecule has 3 aromatic rings. The Labute approximate surface area is 292 Å². The number of sulfonamides is 1. The Morgan fingerprint density at radius 2 is 1.69 bits per heavy atom. The third-order valence-electron chi connectivity index (χ3n) is 9.68. The normalized spacial score (nSPS) is 25.3. The Hall–Kier alpha value is -3.55. The molecule has 2 saturated heterocycles. The van der Waals surface area contributed by atoms with Gasteiger partial charge in [-0.1, -0.05) is 48.0 Å². The highest BCUT2D eigenvalue weighted by Gasteiger charge is 2.52. The third kappa shape index (κ3) is 7.78. The Morgan fingerprint density at radius 1 is 1.04 bits per heavy atom. The van der Waals surface area contributed by atoms with E-state index in [1.54, 1.807) is 48.5 Å². The van der Waals surface area contributed by atoms with Gasteiger partial charge in [-0.3, -0.25) is 9.69 Å². The minimum atomic E-state index is -3.84. The average Bonchev–Trinajstić information content (AvgIpc) is 3.04. The maximum absolute atomic E-state index is 15.6. The monoisotopic (exact) mass is 714 g/mol. The van der Waals surface area contributed by atoms with E-state index in [1.807, 2.05) is 32.9 Å². The van der Waals surface area contributed by atoms with Gasteiger partial charge >= 0.3 is 6.09 Å². The summed E-state index contributed by atoms with van der Waals surface area (Å²) in [6, 6.07) is 17.6. The van der Waals surface area contributed by atoms with E-state index in [2.05, 4.69) is 10.6 Å². The number of carbonyl (C=O) groups excluding carboxylic acids is 1. The zero-order valence-electron chi connectivity index (χ0n) is 28.1. The second kappa shape index (κ2) is 15.1. The first-order valence-electron chi connectivity index (χ1n) is 16.5. The van der Waals surface area contributed by atoms with E-state index < -0.39 is 45.3 Å². The predicted molar refractivity (Wildman–Crippen MR) is 187 cm³/mol. The van der Waals surface area contributed by atoms with E-state index in [9.17, 15) is 23.1 Å². The van der Waals surface area contributed by atoms with Crippen molar-refractivity contribution in [2.45, 2.75) is 87.1 Å². The molecule has 0 aliphatic carbocycles. The van der Waals surface area contributed by atoms with Crippen LogP contribution in [-0.4, -0.2) is 85.2 Å². The largest absolute Gasteiger partial charge is 0.465 e. The van der Waals surface area contributed by atoms with Crippen LogP contribution in [0.25, 0.3) is 0 Å². The summed E-state index contributed by atoms with van der Waals surface area (Å²) in [6.07, 6.45) is -0.782. The summed E-state index contributed by atoms with van der Waals surface area (Å²) in [5.41, 5.74) is 0.146. The van der Waals surface area contributed by atoms with Gasteiger partial charge in [-0.25, -0.2) is 17.6 Å². The summed E-state index contributed by atoms with van der Waals surface area (Å²) in [5.74, 6) is -1.18. The number of carboxylic acid groups (broad SMARTS) is 1. The second-order valence-electron chi connectivity index (χ2n) is 13.2. The highest BCUT2D eigenvalue weighted by atomic mass is 35.5. The number of ether oxygens (including phenoxy) is 1. The van der Waals surface area contributed by atoms with E-state index >= 15 is 4.39 Å². The van der Waals surface area contributed by atoms with E-state index in [4.69, 9.17) is 16.3 Å². The number of nitrogens with zero attached hydrogens (tertiary/aromatic N) is 2. The molecule has 0 saturated carbocycles. The van der Waals surface area contributed by atoms with E-state index in [0.717, 1.165) is 10.5 Å². The number of hydrogen-bond acceptors (Lipinski definition) is 6. The molecule has 3 aromatic carbocycles. The number of halogens is 2. The number of amides is 2. The van der Waals surface area contributed by atoms with Gasteiger partial charge in [-0.2, -0.15) is 4.31 Å². The van der Waals surface area contributed by atoms with Gasteiger partial charge in [0.2, 0.25) is 15.9 Å². The highest BCUT2D eigenvalue weighted by molar-refractivity contribution is 7.89. The molecule has 0 radical (unpaired) electrons. The first-order valence-corrected chi connectivity index (χ1v) is 18.3. The van der Waals surface area contributed by atoms with Crippen LogP contribution < -0.4 is 10.6 Å². The summed E-state index contributed by atoms with van der Waals surface area (Å²) in [5, 5.41) is 16.9. The Morgan fingerprint density at radius 3 is 2.33 bits per heavy atom. The molecule has 0 aromatic heterocycles. The van der Waals surface area contributed by atoms with Crippen LogP contribution in [0.4, 0.5) is 14.9 Å². The van der Waals surface area contributed by atoms with Gasteiger partial charge in [0.1, 0.15) is 11.9 Å². The molecule has 2 fully saturated rings. The number of carbonyl (C=O) groups is 2. The molecular weight excluding hydrogens is 671 g/mol. The highest BCUT2D eigenvalue weighted by Crippen LogP contribution is 2.45. The van der Waals surface area contributed by atoms with Crippen molar-refractivity contribution in [1.29, 1.82) is 0 Å². The van der Waals surface area contributed by atoms with Crippen LogP contribution in [0.5, 0.6) is 0 Å². The minimum absolute atomic E-state index is 0.117. The summed E-state index contributed by atoms with van der Waals surface area (Å²) in [4.78, 5) is 28.2. The molecule has 3 N–H and O–H groups in total. The van der Waals surface area contributed by atoms with Crippen molar-refractivity contribution in [2.24, 2.45) is 0 Å². The predicted octanol–water partition coefficient (Wildman–Crippen LogP) is 5.91. The van der Waals surface area contributed by atoms with Gasteiger partial charge in [0.25, 0.3) is 0 Å². The fourth-order valence-corrected chi connectivity index (χ4v) is 9.72. The van der Waals surface area contributed by atoms with Crippen LogP contribution >= 0.6 is 11.6 Å². The maximum Gasteiger partial charge on any atom is 0.407 e. The molecule has 2 aliphatic heterocycles. The molecule has 0 bridgehead atoms. The zero-order valence-corrected chi connectivity index (χ0v) is 29.7. The molecule has 5 rings (SSSR count). The number of likely N-dealkylation sites (N-methyl/N-ethyl adjacent to an activating group) is 1. The van der Waals surface area contributed by atoms with Gasteiger partial charge in [0.15, 0.2) is 0 Å². The van der Waals surface area contributed by atoms with E-state index in [0.29, 0.717) is 31.0 Å². The van der Waals surface area contributed by atoms with Crippen molar-refractivity contribution in [3.05, 3.63) is 94.8 Å². The van der Waals surface area contributed by atoms with Crippen molar-refractivity contribution >= 4 is 39.3 Å². The first kappa shape index (κ1) is 36.7. The Bertz CT molecular complexity index is 1740. The van der Waals surface area contributed by atoms with Crippen molar-refractivity contribution in [3.63, 3.8) is 0 Å². The lowest BCUT2D eigenvalue weighted by atomic mass is 9.65. The van der Waals surface area contributed by atoms with Crippen LogP contribution in [0.15, 0.2) is 77.7 Å². The summed E-state index contributed by atoms with van der Waals surface area (Å²) in [6.45, 7) is 6.47. The number of anilines is 1. The van der Waals surface area contributed by atoms with E-state index in [-0.39, 0.29) is 47.2 Å². The standard InChI is InChI=1S/C36H44ClFN4O6S/c1-23-21-39-22-28(42(23)49(46,47)29-9-6-5-7-10-29)17-18-30-31(38)11-8-12-32(30)40-34(43)33(41(4)35(44)45)36(19-24(2)48-25(3)20-36)26-13-15-27(37)16-14-26/h5-16,23-25,28,33,39H,17-22H2,1-4H3,(H,40,43)(H,44,45)/t23-,24-,25+,28-,33+,36?/m0/s1. The molecule has 2 amide bonds. The quantitative estimate of drug-likeness (QED) is 0.239. The average molecular weight is 715 g/mol. The molecular formula is C36H44ClFN4O6S. The summed E-state index contributed by atoms with van der Waals surface area (Å²) in [7, 11) is -2.48. The van der Waals surface area contributed by atoms with Crippen LogP contribution in [0.3, 0.4) is 0 Å². The van der Waals surface area contributed by atoms with Crippen LogP contribution in [-0.2, 0) is 31.4 Å². The van der Waals surface area contributed by atoms with Gasteiger partial charge in [0, 0.05) is 53.9 Å². The zero-order chi connectivity index (χ0) is 35.5. The van der Waals surface area contributed by atoms with Crippen molar-refractivity contribution in [1.82, 2.24) is 14.5 Å². The second-order valence-corrected chi connectivity index (χ2v) is 15.5.